The van der Waals surface area contributed by atoms with E-state index in [1.807, 2.05) is 24.3 Å². The van der Waals surface area contributed by atoms with Crippen molar-refractivity contribution in [3.05, 3.63) is 68.5 Å². The third-order valence-electron chi connectivity index (χ3n) is 4.05. The van der Waals surface area contributed by atoms with Crippen molar-refractivity contribution in [2.45, 2.75) is 31.6 Å². The van der Waals surface area contributed by atoms with Gasteiger partial charge in [-0.1, -0.05) is 28.1 Å². The number of pyridine rings is 1. The molecule has 0 radical (unpaired) electrons. The first-order chi connectivity index (χ1) is 15.4. The maximum Gasteiger partial charge on any atom is 0.490 e. The van der Waals surface area contributed by atoms with Crippen molar-refractivity contribution in [3.8, 4) is 0 Å². The molecular weight excluding hydrogens is 515 g/mol. The highest BCUT2D eigenvalue weighted by Gasteiger charge is 2.38. The zero-order valence-electron chi connectivity index (χ0n) is 17.0. The number of carbonyl (C=O) groups excluding carboxylic acids is 1. The Kier molecular flexibility index (Phi) is 10.8. The van der Waals surface area contributed by atoms with E-state index in [4.69, 9.17) is 15.6 Å². The molecule has 2 aromatic rings. The molecule has 1 aromatic carbocycles. The minimum absolute atomic E-state index is 0.0958. The highest BCUT2D eigenvalue weighted by atomic mass is 79.9. The Morgan fingerprint density at radius 3 is 2.30 bits per heavy atom. The van der Waals surface area contributed by atoms with E-state index >= 15 is 0 Å². The molecule has 0 bridgehead atoms. The van der Waals surface area contributed by atoms with Crippen LogP contribution in [-0.2, 0) is 16.1 Å². The van der Waals surface area contributed by atoms with E-state index in [1.165, 1.54) is 10.6 Å². The van der Waals surface area contributed by atoms with E-state index < -0.39 is 35.6 Å². The van der Waals surface area contributed by atoms with Gasteiger partial charge in [0.25, 0.3) is 11.5 Å². The average molecular weight is 536 g/mol. The lowest BCUT2D eigenvalue weighted by atomic mass is 10.1. The Balaban J connectivity index is 0.000000675. The van der Waals surface area contributed by atoms with Gasteiger partial charge in [-0.15, -0.1) is 0 Å². The van der Waals surface area contributed by atoms with Crippen LogP contribution in [0.2, 0.25) is 0 Å². The van der Waals surface area contributed by atoms with Gasteiger partial charge < -0.3 is 25.8 Å². The third-order valence-corrected chi connectivity index (χ3v) is 4.54. The van der Waals surface area contributed by atoms with Crippen molar-refractivity contribution >= 4 is 33.8 Å². The molecule has 0 fully saturated rings. The van der Waals surface area contributed by atoms with Crippen LogP contribution < -0.4 is 16.6 Å². The molecule has 0 aliphatic carbocycles. The Morgan fingerprint density at radius 1 is 1.15 bits per heavy atom. The lowest BCUT2D eigenvalue weighted by molar-refractivity contribution is -0.192. The van der Waals surface area contributed by atoms with Gasteiger partial charge in [-0.3, -0.25) is 9.59 Å². The van der Waals surface area contributed by atoms with Gasteiger partial charge in [0.15, 0.2) is 0 Å². The molecule has 1 heterocycles. The molecule has 5 N–H and O–H groups in total. The average Bonchev–Trinajstić information content (AvgIpc) is 2.72. The number of benzene rings is 1. The number of rotatable bonds is 8. The molecule has 0 saturated carbocycles. The number of hydrogen-bond donors (Lipinski definition) is 4. The number of amides is 1. The third kappa shape index (κ3) is 9.45. The molecule has 1 amide bonds. The van der Waals surface area contributed by atoms with Gasteiger partial charge in [-0.2, -0.15) is 13.2 Å². The Morgan fingerprint density at radius 2 is 1.79 bits per heavy atom. The summed E-state index contributed by atoms with van der Waals surface area (Å²) in [6.07, 6.45) is -2.83. The normalized spacial score (nSPS) is 11.7. The fourth-order valence-electron chi connectivity index (χ4n) is 2.48. The smallest absolute Gasteiger partial charge is 0.480 e. The van der Waals surface area contributed by atoms with Crippen LogP contribution in [0, 0.1) is 0 Å². The minimum Gasteiger partial charge on any atom is -0.480 e. The predicted octanol–water partition coefficient (Wildman–Crippen LogP) is 2.21. The molecule has 0 unspecified atom stereocenters. The Labute approximate surface area is 194 Å². The van der Waals surface area contributed by atoms with Gasteiger partial charge in [0, 0.05) is 10.7 Å². The zero-order valence-corrected chi connectivity index (χ0v) is 18.6. The van der Waals surface area contributed by atoms with Gasteiger partial charge in [0.2, 0.25) is 0 Å². The second-order valence-corrected chi connectivity index (χ2v) is 7.50. The number of carboxylic acids is 2. The predicted molar refractivity (Wildman–Crippen MR) is 115 cm³/mol. The largest absolute Gasteiger partial charge is 0.490 e. The molecule has 0 aliphatic heterocycles. The number of alkyl halides is 3. The second kappa shape index (κ2) is 12.7. The summed E-state index contributed by atoms with van der Waals surface area (Å²) in [6, 6.07) is 9.38. The van der Waals surface area contributed by atoms with Gasteiger partial charge >= 0.3 is 18.1 Å². The first-order valence-corrected chi connectivity index (χ1v) is 10.1. The van der Waals surface area contributed by atoms with E-state index in [0.29, 0.717) is 19.5 Å². The molecule has 9 nitrogen and oxygen atoms in total. The molecule has 13 heteroatoms. The number of nitrogens with zero attached hydrogens (tertiary/aromatic N) is 1. The van der Waals surface area contributed by atoms with Crippen molar-refractivity contribution in [2.75, 3.05) is 6.54 Å². The van der Waals surface area contributed by atoms with Crippen molar-refractivity contribution in [1.29, 1.82) is 0 Å². The highest BCUT2D eigenvalue weighted by molar-refractivity contribution is 9.10. The van der Waals surface area contributed by atoms with Crippen LogP contribution in [0.3, 0.4) is 0 Å². The van der Waals surface area contributed by atoms with Crippen LogP contribution in [0.5, 0.6) is 0 Å². The molecule has 1 atom stereocenters. The first-order valence-electron chi connectivity index (χ1n) is 9.34. The van der Waals surface area contributed by atoms with E-state index in [1.54, 1.807) is 12.3 Å². The highest BCUT2D eigenvalue weighted by Crippen LogP contribution is 2.13. The number of nitrogens with one attached hydrogen (secondary N) is 1. The van der Waals surface area contributed by atoms with Gasteiger partial charge in [0.1, 0.15) is 11.6 Å². The number of aromatic nitrogens is 1. The SMILES string of the molecule is NCCC[C@H](NC(=O)c1cccn(Cc2cccc(Br)c2)c1=O)C(=O)O.O=C(O)C(F)(F)F. The van der Waals surface area contributed by atoms with E-state index in [2.05, 4.69) is 21.2 Å². The molecular formula is C20H21BrF3N3O6. The second-order valence-electron chi connectivity index (χ2n) is 6.58. The summed E-state index contributed by atoms with van der Waals surface area (Å²) in [7, 11) is 0. The summed E-state index contributed by atoms with van der Waals surface area (Å²) in [5.74, 6) is -4.62. The number of halogens is 4. The van der Waals surface area contributed by atoms with Crippen molar-refractivity contribution in [2.24, 2.45) is 5.73 Å². The summed E-state index contributed by atoms with van der Waals surface area (Å²) in [4.78, 5) is 45.1. The number of carboxylic acid groups (broad SMARTS) is 2. The maximum atomic E-state index is 12.6. The fraction of sp³-hybridized carbons (Fsp3) is 0.300. The quantitative estimate of drug-likeness (QED) is 0.404. The summed E-state index contributed by atoms with van der Waals surface area (Å²) < 4.78 is 34.0. The Bertz CT molecular complexity index is 1040. The zero-order chi connectivity index (χ0) is 25.2. The van der Waals surface area contributed by atoms with Crippen molar-refractivity contribution in [3.63, 3.8) is 0 Å². The number of carbonyl (C=O) groups is 3. The van der Waals surface area contributed by atoms with Gasteiger partial charge in [0.05, 0.1) is 6.54 Å². The molecule has 0 saturated heterocycles. The number of hydrogen-bond acceptors (Lipinski definition) is 5. The molecule has 33 heavy (non-hydrogen) atoms. The van der Waals surface area contributed by atoms with Gasteiger partial charge in [-0.05, 0) is 49.2 Å². The van der Waals surface area contributed by atoms with Crippen LogP contribution >= 0.6 is 15.9 Å². The molecule has 0 aliphatic rings. The van der Waals surface area contributed by atoms with E-state index in [-0.39, 0.29) is 12.0 Å². The van der Waals surface area contributed by atoms with Crippen LogP contribution in [0.25, 0.3) is 0 Å². The van der Waals surface area contributed by atoms with Crippen LogP contribution in [0.1, 0.15) is 28.8 Å². The fourth-order valence-corrected chi connectivity index (χ4v) is 2.93. The lowest BCUT2D eigenvalue weighted by Gasteiger charge is -2.14. The molecule has 180 valence electrons. The summed E-state index contributed by atoms with van der Waals surface area (Å²) in [6.45, 7) is 0.624. The molecule has 1 aromatic heterocycles. The lowest BCUT2D eigenvalue weighted by Crippen LogP contribution is -2.43. The number of nitrogens with two attached hydrogens (primary N) is 1. The monoisotopic (exact) mass is 535 g/mol. The van der Waals surface area contributed by atoms with Crippen LogP contribution in [0.15, 0.2) is 51.9 Å². The Hall–Kier alpha value is -3.19. The maximum absolute atomic E-state index is 12.6. The van der Waals surface area contributed by atoms with Crippen molar-refractivity contribution in [1.82, 2.24) is 9.88 Å². The van der Waals surface area contributed by atoms with Gasteiger partial charge in [-0.25, -0.2) is 9.59 Å². The minimum atomic E-state index is -5.08. The first kappa shape index (κ1) is 27.8. The number of aliphatic carboxylic acids is 2. The van der Waals surface area contributed by atoms with Crippen LogP contribution in [0.4, 0.5) is 13.2 Å². The standard InChI is InChI=1S/C18H20BrN3O4.C2HF3O2/c19-13-5-1-4-12(10-13)11-22-9-3-6-14(17(22)24)16(23)21-15(18(25)26)7-2-8-20;3-2(4,5)1(6)7/h1,3-6,9-10,15H,2,7-8,11,20H2,(H,21,23)(H,25,26);(H,6,7)/t15-;/m0./s1. The molecule has 0 spiro atoms. The van der Waals surface area contributed by atoms with E-state index in [9.17, 15) is 32.7 Å². The van der Waals surface area contributed by atoms with E-state index in [0.717, 1.165) is 10.0 Å². The van der Waals surface area contributed by atoms with Crippen LogP contribution in [-0.4, -0.2) is 51.4 Å². The topological polar surface area (TPSA) is 152 Å². The van der Waals surface area contributed by atoms with Crippen molar-refractivity contribution < 1.29 is 37.8 Å². The molecule has 2 rings (SSSR count). The summed E-state index contributed by atoms with van der Waals surface area (Å²) >= 11 is 3.38. The summed E-state index contributed by atoms with van der Waals surface area (Å²) in [5.41, 5.74) is 5.70. The summed E-state index contributed by atoms with van der Waals surface area (Å²) in [5, 5.41) is 18.7.